The van der Waals surface area contributed by atoms with Gasteiger partial charge in [-0.05, 0) is 26.0 Å². The summed E-state index contributed by atoms with van der Waals surface area (Å²) in [5.41, 5.74) is 0. The summed E-state index contributed by atoms with van der Waals surface area (Å²) in [6.45, 7) is 2.91. The number of rotatable bonds is 3. The molecule has 2 heteroatoms. The number of hydrogen-bond acceptors (Lipinski definition) is 2. The first kappa shape index (κ1) is 8.82. The summed E-state index contributed by atoms with van der Waals surface area (Å²) in [5, 5.41) is 0. The number of carbonyl (C=O) groups is 2. The maximum atomic E-state index is 10.3. The zero-order chi connectivity index (χ0) is 7.98. The first-order valence-electron chi connectivity index (χ1n) is 2.99. The molecule has 0 saturated carbocycles. The van der Waals surface area contributed by atoms with Crippen LogP contribution >= 0.6 is 0 Å². The van der Waals surface area contributed by atoms with Crippen molar-refractivity contribution in [2.45, 2.75) is 13.8 Å². The van der Waals surface area contributed by atoms with Crippen LogP contribution < -0.4 is 0 Å². The lowest BCUT2D eigenvalue weighted by Crippen LogP contribution is -1.80. The van der Waals surface area contributed by atoms with Crippen LogP contribution in [0.1, 0.15) is 13.8 Å². The van der Waals surface area contributed by atoms with E-state index in [0.29, 0.717) is 0 Å². The van der Waals surface area contributed by atoms with Crippen LogP contribution in [0.25, 0.3) is 0 Å². The van der Waals surface area contributed by atoms with Crippen molar-refractivity contribution in [2.24, 2.45) is 0 Å². The summed E-state index contributed by atoms with van der Waals surface area (Å²) in [7, 11) is 0. The predicted molar refractivity (Wildman–Crippen MR) is 39.6 cm³/mol. The Labute approximate surface area is 60.2 Å². The predicted octanol–water partition coefficient (Wildman–Crippen LogP) is 1.28. The molecule has 0 spiro atoms. The number of ketones is 2. The molecule has 0 bridgehead atoms. The quantitative estimate of drug-likeness (QED) is 0.435. The van der Waals surface area contributed by atoms with Gasteiger partial charge in [-0.1, -0.05) is 12.2 Å². The molecule has 0 saturated heterocycles. The molecule has 0 N–H and O–H groups in total. The Hall–Kier alpha value is -1.18. The van der Waals surface area contributed by atoms with E-state index in [4.69, 9.17) is 0 Å². The van der Waals surface area contributed by atoms with E-state index in [1.165, 1.54) is 26.0 Å². The highest BCUT2D eigenvalue weighted by atomic mass is 16.1. The van der Waals surface area contributed by atoms with Crippen LogP contribution in [0.4, 0.5) is 0 Å². The van der Waals surface area contributed by atoms with Crippen molar-refractivity contribution in [1.82, 2.24) is 0 Å². The summed E-state index contributed by atoms with van der Waals surface area (Å²) in [6.07, 6.45) is 5.90. The van der Waals surface area contributed by atoms with Crippen molar-refractivity contribution in [2.75, 3.05) is 0 Å². The smallest absolute Gasteiger partial charge is 0.152 e. The zero-order valence-electron chi connectivity index (χ0n) is 6.13. The summed E-state index contributed by atoms with van der Waals surface area (Å²) in [4.78, 5) is 20.6. The normalized spacial score (nSPS) is 11.0. The maximum Gasteiger partial charge on any atom is 0.152 e. The van der Waals surface area contributed by atoms with E-state index in [0.717, 1.165) is 0 Å². The summed E-state index contributed by atoms with van der Waals surface area (Å²) >= 11 is 0. The molecule has 0 fully saturated rings. The minimum atomic E-state index is -0.0202. The molecular weight excluding hydrogens is 128 g/mol. The lowest BCUT2D eigenvalue weighted by molar-refractivity contribution is -0.113. The first-order valence-corrected chi connectivity index (χ1v) is 2.99. The van der Waals surface area contributed by atoms with Crippen LogP contribution in [0, 0.1) is 0 Å². The molecule has 0 atom stereocenters. The van der Waals surface area contributed by atoms with Gasteiger partial charge in [0.25, 0.3) is 0 Å². The Morgan fingerprint density at radius 2 is 1.20 bits per heavy atom. The van der Waals surface area contributed by atoms with Crippen LogP contribution in [0.2, 0.25) is 0 Å². The van der Waals surface area contributed by atoms with Gasteiger partial charge in [0.05, 0.1) is 0 Å². The van der Waals surface area contributed by atoms with Gasteiger partial charge < -0.3 is 0 Å². The lowest BCUT2D eigenvalue weighted by atomic mass is 10.3. The van der Waals surface area contributed by atoms with Gasteiger partial charge in [-0.15, -0.1) is 0 Å². The van der Waals surface area contributed by atoms with E-state index in [2.05, 4.69) is 0 Å². The molecule has 2 nitrogen and oxygen atoms in total. The highest BCUT2D eigenvalue weighted by molar-refractivity contribution is 5.89. The minimum Gasteiger partial charge on any atom is -0.295 e. The monoisotopic (exact) mass is 138 g/mol. The Morgan fingerprint density at radius 1 is 0.900 bits per heavy atom. The Balaban J connectivity index is 3.73. The lowest BCUT2D eigenvalue weighted by Gasteiger charge is -1.75. The van der Waals surface area contributed by atoms with Gasteiger partial charge in [-0.3, -0.25) is 9.59 Å². The largest absolute Gasteiger partial charge is 0.295 e. The van der Waals surface area contributed by atoms with Gasteiger partial charge in [0, 0.05) is 0 Å². The molecule has 0 aliphatic carbocycles. The molecule has 0 aromatic carbocycles. The molecule has 0 rings (SSSR count). The van der Waals surface area contributed by atoms with Crippen molar-refractivity contribution in [1.29, 1.82) is 0 Å². The van der Waals surface area contributed by atoms with Crippen LogP contribution in [0.3, 0.4) is 0 Å². The first-order chi connectivity index (χ1) is 4.63. The fraction of sp³-hybridized carbons (Fsp3) is 0.250. The third kappa shape index (κ3) is 6.82. The highest BCUT2D eigenvalue weighted by Gasteiger charge is 1.79. The number of allylic oxidation sites excluding steroid dienone is 4. The SMILES string of the molecule is CC(=O)C=CC=CC(C)=O. The Kier molecular flexibility index (Phi) is 4.12. The summed E-state index contributed by atoms with van der Waals surface area (Å²) in [5.74, 6) is -0.0404. The van der Waals surface area contributed by atoms with Crippen molar-refractivity contribution in [3.05, 3.63) is 24.3 Å². The number of carbonyl (C=O) groups excluding carboxylic acids is 2. The van der Waals surface area contributed by atoms with Gasteiger partial charge in [-0.25, -0.2) is 0 Å². The topological polar surface area (TPSA) is 34.1 Å². The molecule has 0 aromatic heterocycles. The van der Waals surface area contributed by atoms with Crippen molar-refractivity contribution < 1.29 is 9.59 Å². The van der Waals surface area contributed by atoms with Gasteiger partial charge >= 0.3 is 0 Å². The second kappa shape index (κ2) is 4.68. The van der Waals surface area contributed by atoms with Crippen LogP contribution in [-0.2, 0) is 9.59 Å². The summed E-state index contributed by atoms with van der Waals surface area (Å²) < 4.78 is 0. The summed E-state index contributed by atoms with van der Waals surface area (Å²) in [6, 6.07) is 0. The van der Waals surface area contributed by atoms with E-state index in [1.54, 1.807) is 12.2 Å². The maximum absolute atomic E-state index is 10.3. The molecule has 0 aliphatic rings. The fourth-order valence-electron chi connectivity index (χ4n) is 0.382. The van der Waals surface area contributed by atoms with E-state index >= 15 is 0 Å². The van der Waals surface area contributed by atoms with Gasteiger partial charge in [0.15, 0.2) is 11.6 Å². The van der Waals surface area contributed by atoms with Gasteiger partial charge in [0.1, 0.15) is 0 Å². The van der Waals surface area contributed by atoms with Gasteiger partial charge in [0.2, 0.25) is 0 Å². The van der Waals surface area contributed by atoms with Crippen molar-refractivity contribution in [3.63, 3.8) is 0 Å². The van der Waals surface area contributed by atoms with E-state index < -0.39 is 0 Å². The molecule has 0 aromatic rings. The Bertz CT molecular complexity index is 165. The van der Waals surface area contributed by atoms with E-state index in [1.807, 2.05) is 0 Å². The second-order valence-electron chi connectivity index (χ2n) is 1.94. The molecule has 0 heterocycles. The second-order valence-corrected chi connectivity index (χ2v) is 1.94. The van der Waals surface area contributed by atoms with Gasteiger partial charge in [-0.2, -0.15) is 0 Å². The average molecular weight is 138 g/mol. The van der Waals surface area contributed by atoms with Crippen LogP contribution in [-0.4, -0.2) is 11.6 Å². The molecule has 0 aliphatic heterocycles. The molecule has 0 radical (unpaired) electrons. The molecule has 10 heavy (non-hydrogen) atoms. The third-order valence-corrected chi connectivity index (χ3v) is 0.773. The molecule has 54 valence electrons. The molecular formula is C8H10O2. The van der Waals surface area contributed by atoms with Crippen LogP contribution in [0.15, 0.2) is 24.3 Å². The Morgan fingerprint density at radius 3 is 1.40 bits per heavy atom. The van der Waals surface area contributed by atoms with Crippen LogP contribution in [0.5, 0.6) is 0 Å². The molecule has 0 unspecified atom stereocenters. The van der Waals surface area contributed by atoms with E-state index in [9.17, 15) is 9.59 Å². The zero-order valence-corrected chi connectivity index (χ0v) is 6.13. The van der Waals surface area contributed by atoms with Crippen molar-refractivity contribution >= 4 is 11.6 Å². The van der Waals surface area contributed by atoms with E-state index in [-0.39, 0.29) is 11.6 Å². The standard InChI is InChI=1S/C8H10O2/c1-7(9)5-3-4-6-8(2)10/h3-6H,1-2H3. The number of hydrogen-bond donors (Lipinski definition) is 0. The average Bonchev–Trinajstić information content (AvgIpc) is 1.79. The highest BCUT2D eigenvalue weighted by Crippen LogP contribution is 1.79. The molecule has 0 amide bonds. The van der Waals surface area contributed by atoms with Crippen molar-refractivity contribution in [3.8, 4) is 0 Å². The minimum absolute atomic E-state index is 0.0202. The fourth-order valence-corrected chi connectivity index (χ4v) is 0.382. The third-order valence-electron chi connectivity index (χ3n) is 0.773.